The first-order chi connectivity index (χ1) is 10.1. The minimum absolute atomic E-state index is 0.173. The fourth-order valence-electron chi connectivity index (χ4n) is 1.87. The summed E-state index contributed by atoms with van der Waals surface area (Å²) in [5.74, 6) is -0.257. The van der Waals surface area contributed by atoms with Crippen molar-refractivity contribution in [3.63, 3.8) is 0 Å². The summed E-state index contributed by atoms with van der Waals surface area (Å²) >= 11 is 6.14. The predicted molar refractivity (Wildman–Crippen MR) is 79.7 cm³/mol. The van der Waals surface area contributed by atoms with Gasteiger partial charge in [-0.2, -0.15) is 0 Å². The molecule has 6 heteroatoms. The lowest BCUT2D eigenvalue weighted by Crippen LogP contribution is -2.15. The summed E-state index contributed by atoms with van der Waals surface area (Å²) in [5.41, 5.74) is 1.81. The third-order valence-electron chi connectivity index (χ3n) is 2.98. The van der Waals surface area contributed by atoms with Gasteiger partial charge in [-0.15, -0.1) is 0 Å². The zero-order valence-corrected chi connectivity index (χ0v) is 12.2. The number of hydrogen-bond donors (Lipinski definition) is 2. The number of ether oxygens (including phenoxy) is 1. The highest BCUT2D eigenvalue weighted by atomic mass is 35.5. The Morgan fingerprint density at radius 3 is 2.76 bits per heavy atom. The monoisotopic (exact) mass is 306 g/mol. The number of aromatic nitrogens is 1. The molecule has 0 aliphatic rings. The van der Waals surface area contributed by atoms with E-state index in [1.54, 1.807) is 19.2 Å². The number of carboxylic acid groups (broad SMARTS) is 1. The van der Waals surface area contributed by atoms with Crippen molar-refractivity contribution in [1.82, 2.24) is 10.3 Å². The molecule has 0 fully saturated rings. The van der Waals surface area contributed by atoms with E-state index in [0.29, 0.717) is 18.1 Å². The van der Waals surface area contributed by atoms with Gasteiger partial charge in [0, 0.05) is 29.9 Å². The smallest absolute Gasteiger partial charge is 0.337 e. The molecular weight excluding hydrogens is 292 g/mol. The normalized spacial score (nSPS) is 10.4. The summed E-state index contributed by atoms with van der Waals surface area (Å²) in [5, 5.41) is 12.6. The van der Waals surface area contributed by atoms with E-state index >= 15 is 0 Å². The molecule has 0 unspecified atom stereocenters. The van der Waals surface area contributed by atoms with Crippen molar-refractivity contribution in [3.05, 3.63) is 58.4 Å². The highest BCUT2D eigenvalue weighted by Crippen LogP contribution is 2.25. The molecule has 0 atom stereocenters. The minimum atomic E-state index is -0.984. The standard InChI is InChI=1S/C15H15ClN2O3/c1-21-14-4-2-3-13(16)12(14)9-17-8-11-6-5-10(7-18-11)15(19)20/h2-7,17H,8-9H2,1H3,(H,19,20). The van der Waals surface area contributed by atoms with Gasteiger partial charge in [0.25, 0.3) is 0 Å². The highest BCUT2D eigenvalue weighted by Gasteiger charge is 2.07. The van der Waals surface area contributed by atoms with Gasteiger partial charge in [0.2, 0.25) is 0 Å². The van der Waals surface area contributed by atoms with E-state index in [4.69, 9.17) is 21.4 Å². The number of aromatic carboxylic acids is 1. The molecule has 0 radical (unpaired) electrons. The molecule has 0 saturated heterocycles. The number of hydrogen-bond acceptors (Lipinski definition) is 4. The molecule has 2 N–H and O–H groups in total. The van der Waals surface area contributed by atoms with Crippen LogP contribution in [0.4, 0.5) is 0 Å². The SMILES string of the molecule is COc1cccc(Cl)c1CNCc1ccc(C(=O)O)cn1. The van der Waals surface area contributed by atoms with E-state index in [0.717, 1.165) is 17.0 Å². The van der Waals surface area contributed by atoms with Crippen LogP contribution in [0.25, 0.3) is 0 Å². The summed E-state index contributed by atoms with van der Waals surface area (Å²) in [6.45, 7) is 1.04. The number of nitrogens with one attached hydrogen (secondary N) is 1. The Hall–Kier alpha value is -2.11. The number of methoxy groups -OCH3 is 1. The number of halogens is 1. The molecule has 0 aliphatic carbocycles. The van der Waals surface area contributed by atoms with Gasteiger partial charge in [0.15, 0.2) is 0 Å². The molecule has 21 heavy (non-hydrogen) atoms. The van der Waals surface area contributed by atoms with Crippen molar-refractivity contribution in [1.29, 1.82) is 0 Å². The van der Waals surface area contributed by atoms with Gasteiger partial charge in [-0.05, 0) is 24.3 Å². The summed E-state index contributed by atoms with van der Waals surface area (Å²) in [4.78, 5) is 14.8. The third kappa shape index (κ3) is 3.93. The Labute approximate surface area is 127 Å². The maximum absolute atomic E-state index is 10.7. The highest BCUT2D eigenvalue weighted by molar-refractivity contribution is 6.31. The maximum Gasteiger partial charge on any atom is 0.337 e. The number of carboxylic acids is 1. The lowest BCUT2D eigenvalue weighted by molar-refractivity contribution is 0.0696. The van der Waals surface area contributed by atoms with Crippen LogP contribution < -0.4 is 10.1 Å². The van der Waals surface area contributed by atoms with Gasteiger partial charge >= 0.3 is 5.97 Å². The van der Waals surface area contributed by atoms with Crippen molar-refractivity contribution in [3.8, 4) is 5.75 Å². The molecule has 1 heterocycles. The molecule has 0 bridgehead atoms. The number of benzene rings is 1. The molecule has 0 amide bonds. The summed E-state index contributed by atoms with van der Waals surface area (Å²) in [6.07, 6.45) is 1.34. The molecular formula is C15H15ClN2O3. The molecule has 5 nitrogen and oxygen atoms in total. The quantitative estimate of drug-likeness (QED) is 0.858. The first kappa shape index (κ1) is 15.3. The van der Waals surface area contributed by atoms with E-state index in [1.807, 2.05) is 12.1 Å². The topological polar surface area (TPSA) is 71.5 Å². The van der Waals surface area contributed by atoms with Gasteiger partial charge in [0.05, 0.1) is 18.4 Å². The predicted octanol–water partition coefficient (Wildman–Crippen LogP) is 2.73. The van der Waals surface area contributed by atoms with E-state index < -0.39 is 5.97 Å². The minimum Gasteiger partial charge on any atom is -0.496 e. The second-order valence-electron chi connectivity index (χ2n) is 4.37. The number of rotatable bonds is 6. The molecule has 0 aliphatic heterocycles. The molecule has 1 aromatic heterocycles. The molecule has 110 valence electrons. The average molecular weight is 307 g/mol. The van der Waals surface area contributed by atoms with Crippen LogP contribution in [0, 0.1) is 0 Å². The van der Waals surface area contributed by atoms with Crippen LogP contribution in [0.2, 0.25) is 5.02 Å². The van der Waals surface area contributed by atoms with Crippen LogP contribution in [-0.2, 0) is 13.1 Å². The fourth-order valence-corrected chi connectivity index (χ4v) is 2.11. The molecule has 2 rings (SSSR count). The third-order valence-corrected chi connectivity index (χ3v) is 3.33. The van der Waals surface area contributed by atoms with Crippen LogP contribution in [0.15, 0.2) is 36.5 Å². The van der Waals surface area contributed by atoms with Crippen molar-refractivity contribution in [2.75, 3.05) is 7.11 Å². The Kier molecular flexibility index (Phi) is 5.14. The lowest BCUT2D eigenvalue weighted by atomic mass is 10.2. The van der Waals surface area contributed by atoms with E-state index in [-0.39, 0.29) is 5.56 Å². The van der Waals surface area contributed by atoms with Crippen molar-refractivity contribution in [2.24, 2.45) is 0 Å². The number of carbonyl (C=O) groups is 1. The largest absolute Gasteiger partial charge is 0.496 e. The van der Waals surface area contributed by atoms with Gasteiger partial charge in [-0.25, -0.2) is 4.79 Å². The molecule has 0 saturated carbocycles. The Bertz CT molecular complexity index is 629. The summed E-state index contributed by atoms with van der Waals surface area (Å²) < 4.78 is 5.27. The van der Waals surface area contributed by atoms with Crippen molar-refractivity contribution < 1.29 is 14.6 Å². The zero-order valence-electron chi connectivity index (χ0n) is 11.5. The van der Waals surface area contributed by atoms with Gasteiger partial charge in [-0.3, -0.25) is 4.98 Å². The van der Waals surface area contributed by atoms with Crippen LogP contribution in [0.3, 0.4) is 0 Å². The number of pyridine rings is 1. The fraction of sp³-hybridized carbons (Fsp3) is 0.200. The van der Waals surface area contributed by atoms with E-state index in [9.17, 15) is 4.79 Å². The molecule has 1 aromatic carbocycles. The van der Waals surface area contributed by atoms with Crippen LogP contribution in [-0.4, -0.2) is 23.2 Å². The van der Waals surface area contributed by atoms with Crippen molar-refractivity contribution in [2.45, 2.75) is 13.1 Å². The maximum atomic E-state index is 10.7. The zero-order chi connectivity index (χ0) is 15.2. The first-order valence-electron chi connectivity index (χ1n) is 6.32. The first-order valence-corrected chi connectivity index (χ1v) is 6.70. The van der Waals surface area contributed by atoms with Gasteiger partial charge in [0.1, 0.15) is 5.75 Å². The summed E-state index contributed by atoms with van der Waals surface area (Å²) in [6, 6.07) is 8.70. The van der Waals surface area contributed by atoms with Crippen LogP contribution in [0.1, 0.15) is 21.6 Å². The van der Waals surface area contributed by atoms with Crippen molar-refractivity contribution >= 4 is 17.6 Å². The Morgan fingerprint density at radius 2 is 2.14 bits per heavy atom. The van der Waals surface area contributed by atoms with E-state index in [1.165, 1.54) is 12.3 Å². The van der Waals surface area contributed by atoms with Gasteiger partial charge in [-0.1, -0.05) is 17.7 Å². The number of nitrogens with zero attached hydrogens (tertiary/aromatic N) is 1. The van der Waals surface area contributed by atoms with Crippen LogP contribution in [0.5, 0.6) is 5.75 Å². The van der Waals surface area contributed by atoms with Crippen LogP contribution >= 0.6 is 11.6 Å². The lowest BCUT2D eigenvalue weighted by Gasteiger charge is -2.11. The second kappa shape index (κ2) is 7.06. The summed E-state index contributed by atoms with van der Waals surface area (Å²) in [7, 11) is 1.60. The molecule has 2 aromatic rings. The van der Waals surface area contributed by atoms with Gasteiger partial charge < -0.3 is 15.2 Å². The second-order valence-corrected chi connectivity index (χ2v) is 4.77. The Morgan fingerprint density at radius 1 is 1.33 bits per heavy atom. The van der Waals surface area contributed by atoms with E-state index in [2.05, 4.69) is 10.3 Å². The average Bonchev–Trinajstić information content (AvgIpc) is 2.49. The Balaban J connectivity index is 1.97. The molecule has 0 spiro atoms.